The average Bonchev–Trinajstić information content (AvgIpc) is 3.45. The van der Waals surface area contributed by atoms with E-state index in [-0.39, 0.29) is 14.9 Å². The third kappa shape index (κ3) is 9.45. The van der Waals surface area contributed by atoms with Gasteiger partial charge in [-0.15, -0.1) is 6.58 Å². The number of rotatable bonds is 5. The van der Waals surface area contributed by atoms with Gasteiger partial charge in [0.05, 0.1) is 0 Å². The Labute approximate surface area is 229 Å². The Hall–Kier alpha value is -0.617. The Balaban J connectivity index is 0.000000291. The summed E-state index contributed by atoms with van der Waals surface area (Å²) in [6.45, 7) is 3.78. The van der Waals surface area contributed by atoms with E-state index in [1.807, 2.05) is 6.08 Å². The molecule has 3 heteroatoms. The second-order valence-electron chi connectivity index (χ2n) is 9.32. The van der Waals surface area contributed by atoms with Crippen LogP contribution >= 0.6 is 17.0 Å². The molecule has 5 unspecified atom stereocenters. The van der Waals surface area contributed by atoms with Crippen molar-refractivity contribution < 1.29 is 20.8 Å². The first-order chi connectivity index (χ1) is 15.8. The summed E-state index contributed by atoms with van der Waals surface area (Å²) in [7, 11) is 9.87. The summed E-state index contributed by atoms with van der Waals surface area (Å²) in [6, 6.07) is 11.0. The van der Waals surface area contributed by atoms with Crippen molar-refractivity contribution in [2.45, 2.75) is 50.9 Å². The summed E-state index contributed by atoms with van der Waals surface area (Å²) < 4.78 is 0. The van der Waals surface area contributed by atoms with Crippen LogP contribution in [0.15, 0.2) is 91.6 Å². The standard InChI is InChI=1S/C15H16.C14H20.2CH3.2ClH.Zr/c1-2-6-12(7-3-1)15-10-13-8-4-5-9-14(13)11-15;1-2-3-4-7-12-10-11-13-8-5-6-9-14(12)13;;;;;/h1-9,13-15H,10-11H2;2,5-6,8-9,12-14H,1,3-4,7,10-11H2;2*1H3;2*1H;/q;;2*-1;;;+4/p-2. The van der Waals surface area contributed by atoms with Crippen LogP contribution in [0, 0.1) is 44.4 Å². The number of halogens is 2. The molecule has 0 amide bonds. The van der Waals surface area contributed by atoms with Gasteiger partial charge < -0.3 is 14.9 Å². The second kappa shape index (κ2) is 17.8. The van der Waals surface area contributed by atoms with E-state index in [4.69, 9.17) is 17.0 Å². The van der Waals surface area contributed by atoms with Gasteiger partial charge in [-0.05, 0) is 86.0 Å². The Kier molecular flexibility index (Phi) is 16.4. The number of unbranched alkanes of at least 4 members (excludes halogenated alkanes) is 1. The molecule has 184 valence electrons. The van der Waals surface area contributed by atoms with Gasteiger partial charge >= 0.3 is 37.9 Å². The number of benzene rings is 1. The van der Waals surface area contributed by atoms with Crippen LogP contribution in [0.3, 0.4) is 0 Å². The molecule has 1 aromatic carbocycles. The summed E-state index contributed by atoms with van der Waals surface area (Å²) in [5.41, 5.74) is 1.52. The summed E-state index contributed by atoms with van der Waals surface area (Å²) in [4.78, 5) is 0. The molecule has 0 radical (unpaired) electrons. The molecule has 0 N–H and O–H groups in total. The molecule has 0 aromatic heterocycles. The van der Waals surface area contributed by atoms with Gasteiger partial charge in [0.2, 0.25) is 0 Å². The summed E-state index contributed by atoms with van der Waals surface area (Å²) in [6.07, 6.45) is 29.9. The van der Waals surface area contributed by atoms with Crippen LogP contribution in [-0.2, 0) is 20.8 Å². The molecule has 4 aliphatic carbocycles. The molecule has 2 fully saturated rings. The first kappa shape index (κ1) is 31.4. The topological polar surface area (TPSA) is 0 Å². The van der Waals surface area contributed by atoms with Crippen LogP contribution in [0.2, 0.25) is 0 Å². The zero-order valence-corrected chi connectivity index (χ0v) is 24.9. The van der Waals surface area contributed by atoms with Crippen LogP contribution in [-0.4, -0.2) is 0 Å². The third-order valence-electron chi connectivity index (χ3n) is 7.46. The maximum absolute atomic E-state index is 4.93. The van der Waals surface area contributed by atoms with E-state index in [9.17, 15) is 0 Å². The van der Waals surface area contributed by atoms with E-state index >= 15 is 0 Å². The second-order valence-corrected chi connectivity index (χ2v) is 13.0. The molecular weight excluding hydrogens is 534 g/mol. The van der Waals surface area contributed by atoms with Gasteiger partial charge in [0, 0.05) is 0 Å². The summed E-state index contributed by atoms with van der Waals surface area (Å²) in [5.74, 6) is 5.01. The molecule has 4 aliphatic rings. The normalized spacial score (nSPS) is 29.0. The molecule has 2 saturated carbocycles. The molecule has 0 spiro atoms. The van der Waals surface area contributed by atoms with Crippen molar-refractivity contribution in [3.8, 4) is 0 Å². The molecule has 1 aromatic rings. The monoisotopic (exact) mass is 574 g/mol. The van der Waals surface area contributed by atoms with Crippen molar-refractivity contribution in [1.29, 1.82) is 0 Å². The van der Waals surface area contributed by atoms with E-state index in [2.05, 4.69) is 85.5 Å². The molecule has 34 heavy (non-hydrogen) atoms. The van der Waals surface area contributed by atoms with Crippen molar-refractivity contribution in [3.63, 3.8) is 0 Å². The first-order valence-electron chi connectivity index (χ1n) is 12.1. The van der Waals surface area contributed by atoms with E-state index in [1.54, 1.807) is 0 Å². The van der Waals surface area contributed by atoms with Crippen LogP contribution in [0.5, 0.6) is 0 Å². The maximum atomic E-state index is 4.93. The van der Waals surface area contributed by atoms with Gasteiger partial charge in [-0.3, -0.25) is 0 Å². The van der Waals surface area contributed by atoms with Crippen LogP contribution in [0.4, 0.5) is 0 Å². The van der Waals surface area contributed by atoms with Crippen molar-refractivity contribution >= 4 is 17.0 Å². The minimum atomic E-state index is -0.826. The van der Waals surface area contributed by atoms with E-state index in [1.165, 1.54) is 50.5 Å². The average molecular weight is 577 g/mol. The predicted octanol–water partition coefficient (Wildman–Crippen LogP) is 10.3. The zero-order valence-electron chi connectivity index (χ0n) is 21.0. The number of hydrogen-bond acceptors (Lipinski definition) is 0. The molecule has 0 bridgehead atoms. The fourth-order valence-corrected chi connectivity index (χ4v) is 5.88. The Morgan fingerprint density at radius 1 is 0.824 bits per heavy atom. The Morgan fingerprint density at radius 2 is 1.38 bits per heavy atom. The van der Waals surface area contributed by atoms with Gasteiger partial charge in [0.1, 0.15) is 0 Å². The quantitative estimate of drug-likeness (QED) is 0.186. The van der Waals surface area contributed by atoms with E-state index in [0.717, 1.165) is 35.5 Å². The SMILES string of the molecule is C1=CC2CC(c3ccccc3)CC2C=C1.C=CCCCC1CCC2C=CC=CC21.[CH3-].[CH3-].[Cl][Zr+2][Cl]. The fraction of sp³-hybridized carbons (Fsp3) is 0.419. The number of hydrogen-bond donors (Lipinski definition) is 0. The van der Waals surface area contributed by atoms with E-state index < -0.39 is 20.8 Å². The van der Waals surface area contributed by atoms with Gasteiger partial charge in [0.15, 0.2) is 0 Å². The Morgan fingerprint density at radius 3 is 1.97 bits per heavy atom. The molecule has 0 saturated heterocycles. The zero-order chi connectivity index (χ0) is 22.6. The van der Waals surface area contributed by atoms with Crippen molar-refractivity contribution in [1.82, 2.24) is 0 Å². The third-order valence-corrected chi connectivity index (χ3v) is 7.46. The molecule has 0 aliphatic heterocycles. The van der Waals surface area contributed by atoms with E-state index in [0.29, 0.717) is 0 Å². The van der Waals surface area contributed by atoms with Gasteiger partial charge in [-0.25, -0.2) is 0 Å². The molecule has 5 rings (SSSR count). The molecule has 0 nitrogen and oxygen atoms in total. The van der Waals surface area contributed by atoms with Crippen LogP contribution in [0.1, 0.15) is 56.4 Å². The first-order valence-corrected chi connectivity index (χ1v) is 18.4. The predicted molar refractivity (Wildman–Crippen MR) is 150 cm³/mol. The molecular formula is C31H42Cl2Zr. The molecule has 5 atom stereocenters. The fourth-order valence-electron chi connectivity index (χ4n) is 5.88. The number of fused-ring (bicyclic) bond motifs is 2. The van der Waals surface area contributed by atoms with Gasteiger partial charge in [-0.1, -0.05) is 85.0 Å². The van der Waals surface area contributed by atoms with Crippen molar-refractivity contribution in [2.75, 3.05) is 0 Å². The van der Waals surface area contributed by atoms with Gasteiger partial charge in [-0.2, -0.15) is 0 Å². The summed E-state index contributed by atoms with van der Waals surface area (Å²) >= 11 is -0.826. The van der Waals surface area contributed by atoms with Crippen molar-refractivity contribution in [2.24, 2.45) is 29.6 Å². The summed E-state index contributed by atoms with van der Waals surface area (Å²) in [5, 5.41) is 0. The van der Waals surface area contributed by atoms with Crippen LogP contribution in [0.25, 0.3) is 0 Å². The Bertz CT molecular complexity index is 775. The number of allylic oxidation sites excluding steroid dienone is 9. The van der Waals surface area contributed by atoms with Crippen molar-refractivity contribution in [3.05, 3.63) is 112 Å². The molecule has 0 heterocycles. The minimum absolute atomic E-state index is 0. The van der Waals surface area contributed by atoms with Gasteiger partial charge in [0.25, 0.3) is 0 Å². The van der Waals surface area contributed by atoms with Crippen LogP contribution < -0.4 is 0 Å².